The average Bonchev–Trinajstić information content (AvgIpc) is 3.17. The highest BCUT2D eigenvalue weighted by Gasteiger charge is 2.46. The summed E-state index contributed by atoms with van der Waals surface area (Å²) in [6.45, 7) is 0. The molecule has 2 aliphatic carbocycles. The van der Waals surface area contributed by atoms with Gasteiger partial charge in [-0.15, -0.1) is 0 Å². The minimum absolute atomic E-state index is 0.0726. The molecule has 1 saturated heterocycles. The molecule has 3 rings (SSSR count). The summed E-state index contributed by atoms with van der Waals surface area (Å²) in [5.74, 6) is -0.655. The minimum atomic E-state index is -0.823. The molecule has 5 heteroatoms. The van der Waals surface area contributed by atoms with Crippen molar-refractivity contribution in [3.63, 3.8) is 0 Å². The lowest BCUT2D eigenvalue weighted by Gasteiger charge is -2.22. The summed E-state index contributed by atoms with van der Waals surface area (Å²) in [5, 5.41) is 0. The number of esters is 1. The second-order valence-corrected chi connectivity index (χ2v) is 5.77. The Morgan fingerprint density at radius 2 is 1.74 bits per heavy atom. The van der Waals surface area contributed by atoms with Gasteiger partial charge >= 0.3 is 12.1 Å². The highest BCUT2D eigenvalue weighted by molar-refractivity contribution is 5.83. The quantitative estimate of drug-likeness (QED) is 0.437. The number of ether oxygens (including phenoxy) is 3. The van der Waals surface area contributed by atoms with Crippen LogP contribution in [0.3, 0.4) is 0 Å². The van der Waals surface area contributed by atoms with E-state index in [1.54, 1.807) is 0 Å². The van der Waals surface area contributed by atoms with Crippen LogP contribution in [0.5, 0.6) is 0 Å². The molecule has 3 unspecified atom stereocenters. The maximum absolute atomic E-state index is 11.8. The van der Waals surface area contributed by atoms with Crippen LogP contribution in [0, 0.1) is 5.92 Å². The van der Waals surface area contributed by atoms with Gasteiger partial charge in [-0.3, -0.25) is 4.79 Å². The molecule has 0 aromatic rings. The van der Waals surface area contributed by atoms with Crippen molar-refractivity contribution in [2.24, 2.45) is 5.92 Å². The number of hydrogen-bond donors (Lipinski definition) is 0. The first-order valence-electron chi connectivity index (χ1n) is 7.30. The molecule has 19 heavy (non-hydrogen) atoms. The molecule has 0 spiro atoms. The van der Waals surface area contributed by atoms with Crippen molar-refractivity contribution < 1.29 is 23.8 Å². The van der Waals surface area contributed by atoms with E-state index in [-0.39, 0.29) is 18.1 Å². The first-order valence-corrected chi connectivity index (χ1v) is 7.30. The van der Waals surface area contributed by atoms with Gasteiger partial charge in [-0.2, -0.15) is 0 Å². The van der Waals surface area contributed by atoms with Crippen LogP contribution in [-0.2, 0) is 19.0 Å². The molecule has 0 radical (unpaired) electrons. The zero-order chi connectivity index (χ0) is 13.2. The number of hydrogen-bond acceptors (Lipinski definition) is 5. The van der Waals surface area contributed by atoms with Gasteiger partial charge in [0.05, 0.1) is 18.1 Å². The maximum atomic E-state index is 11.8. The third-order valence-corrected chi connectivity index (χ3v) is 4.34. The SMILES string of the molecule is O=C(OC(=O)C1CCC2OC2C1)OC1CCCCC1. The van der Waals surface area contributed by atoms with Crippen molar-refractivity contribution in [2.45, 2.75) is 69.7 Å². The van der Waals surface area contributed by atoms with Crippen LogP contribution in [0.4, 0.5) is 4.79 Å². The van der Waals surface area contributed by atoms with E-state index in [0.717, 1.165) is 38.5 Å². The third-order valence-electron chi connectivity index (χ3n) is 4.34. The predicted octanol–water partition coefficient (Wildman–Crippen LogP) is 2.57. The standard InChI is InChI=1S/C14H20O5/c15-13(9-6-7-11-12(8-9)18-11)19-14(16)17-10-4-2-1-3-5-10/h9-12H,1-8H2. The molecule has 5 nitrogen and oxygen atoms in total. The van der Waals surface area contributed by atoms with E-state index >= 15 is 0 Å². The largest absolute Gasteiger partial charge is 0.516 e. The normalized spacial score (nSPS) is 34.2. The smallest absolute Gasteiger partial charge is 0.431 e. The van der Waals surface area contributed by atoms with E-state index in [1.807, 2.05) is 0 Å². The van der Waals surface area contributed by atoms with Crippen molar-refractivity contribution >= 4 is 12.1 Å². The van der Waals surface area contributed by atoms with Crippen molar-refractivity contribution in [1.82, 2.24) is 0 Å². The van der Waals surface area contributed by atoms with Gasteiger partial charge in [-0.1, -0.05) is 6.42 Å². The lowest BCUT2D eigenvalue weighted by atomic mass is 9.89. The second-order valence-electron chi connectivity index (χ2n) is 5.77. The molecular formula is C14H20O5. The Labute approximate surface area is 112 Å². The Kier molecular flexibility index (Phi) is 3.73. The number of rotatable bonds is 2. The van der Waals surface area contributed by atoms with E-state index < -0.39 is 12.1 Å². The van der Waals surface area contributed by atoms with E-state index in [2.05, 4.69) is 0 Å². The van der Waals surface area contributed by atoms with Crippen molar-refractivity contribution in [1.29, 1.82) is 0 Å². The Morgan fingerprint density at radius 1 is 0.947 bits per heavy atom. The third kappa shape index (κ3) is 3.26. The van der Waals surface area contributed by atoms with E-state index in [0.29, 0.717) is 12.5 Å². The summed E-state index contributed by atoms with van der Waals surface area (Å²) in [6.07, 6.45) is 7.09. The van der Waals surface area contributed by atoms with Crippen molar-refractivity contribution in [3.8, 4) is 0 Å². The molecule has 3 aliphatic rings. The molecule has 2 saturated carbocycles. The first kappa shape index (κ1) is 12.9. The van der Waals surface area contributed by atoms with Gasteiger partial charge in [0.1, 0.15) is 6.10 Å². The molecule has 0 amide bonds. The highest BCUT2D eigenvalue weighted by Crippen LogP contribution is 2.39. The van der Waals surface area contributed by atoms with E-state index in [1.165, 1.54) is 6.42 Å². The summed E-state index contributed by atoms with van der Waals surface area (Å²) >= 11 is 0. The molecule has 3 fully saturated rings. The van der Waals surface area contributed by atoms with Crippen LogP contribution in [-0.4, -0.2) is 30.4 Å². The van der Waals surface area contributed by atoms with Gasteiger partial charge in [-0.25, -0.2) is 4.79 Å². The molecule has 1 heterocycles. The minimum Gasteiger partial charge on any atom is -0.431 e. The van der Waals surface area contributed by atoms with Crippen LogP contribution in [0.2, 0.25) is 0 Å². The van der Waals surface area contributed by atoms with Gasteiger partial charge < -0.3 is 14.2 Å². The summed E-state index contributed by atoms with van der Waals surface area (Å²) in [5.41, 5.74) is 0. The fourth-order valence-electron chi connectivity index (χ4n) is 3.13. The molecule has 106 valence electrons. The van der Waals surface area contributed by atoms with Gasteiger partial charge in [0.2, 0.25) is 0 Å². The molecule has 1 aliphatic heterocycles. The molecule has 3 atom stereocenters. The monoisotopic (exact) mass is 268 g/mol. The van der Waals surface area contributed by atoms with Crippen LogP contribution in [0.25, 0.3) is 0 Å². The summed E-state index contributed by atoms with van der Waals surface area (Å²) in [4.78, 5) is 23.4. The Balaban J connectivity index is 1.41. The fourth-order valence-corrected chi connectivity index (χ4v) is 3.13. The maximum Gasteiger partial charge on any atom is 0.516 e. The molecule has 0 aromatic carbocycles. The summed E-state index contributed by atoms with van der Waals surface area (Å²) in [7, 11) is 0. The first-order chi connectivity index (χ1) is 9.22. The van der Waals surface area contributed by atoms with Crippen LogP contribution >= 0.6 is 0 Å². The van der Waals surface area contributed by atoms with Gasteiger partial charge in [0.25, 0.3) is 0 Å². The van der Waals surface area contributed by atoms with Crippen LogP contribution in [0.1, 0.15) is 51.4 Å². The second kappa shape index (κ2) is 5.49. The number of carbonyl (C=O) groups excluding carboxylic acids is 2. The number of epoxide rings is 1. The summed E-state index contributed by atoms with van der Waals surface area (Å²) in [6, 6.07) is 0. The van der Waals surface area contributed by atoms with Gasteiger partial charge in [0, 0.05) is 0 Å². The van der Waals surface area contributed by atoms with Crippen molar-refractivity contribution in [2.75, 3.05) is 0 Å². The Hall–Kier alpha value is -1.10. The molecule has 0 aromatic heterocycles. The molecular weight excluding hydrogens is 248 g/mol. The highest BCUT2D eigenvalue weighted by atomic mass is 16.7. The Morgan fingerprint density at radius 3 is 2.47 bits per heavy atom. The topological polar surface area (TPSA) is 65.1 Å². The number of carbonyl (C=O) groups is 2. The van der Waals surface area contributed by atoms with Gasteiger partial charge in [-0.05, 0) is 44.9 Å². The van der Waals surface area contributed by atoms with Crippen LogP contribution < -0.4 is 0 Å². The zero-order valence-corrected chi connectivity index (χ0v) is 11.0. The lowest BCUT2D eigenvalue weighted by Crippen LogP contribution is -2.28. The predicted molar refractivity (Wildman–Crippen MR) is 65.4 cm³/mol. The van der Waals surface area contributed by atoms with Crippen molar-refractivity contribution in [3.05, 3.63) is 0 Å². The Bertz CT molecular complexity index is 361. The van der Waals surface area contributed by atoms with Crippen LogP contribution in [0.15, 0.2) is 0 Å². The average molecular weight is 268 g/mol. The zero-order valence-electron chi connectivity index (χ0n) is 11.0. The number of fused-ring (bicyclic) bond motifs is 1. The summed E-state index contributed by atoms with van der Waals surface area (Å²) < 4.78 is 15.3. The molecule has 0 bridgehead atoms. The lowest BCUT2D eigenvalue weighted by molar-refractivity contribution is -0.146. The fraction of sp³-hybridized carbons (Fsp3) is 0.857. The van der Waals surface area contributed by atoms with E-state index in [9.17, 15) is 9.59 Å². The van der Waals surface area contributed by atoms with E-state index in [4.69, 9.17) is 14.2 Å². The van der Waals surface area contributed by atoms with Gasteiger partial charge in [0.15, 0.2) is 0 Å². The molecule has 0 N–H and O–H groups in total.